The van der Waals surface area contributed by atoms with Crippen LogP contribution in [0.15, 0.2) is 30.5 Å². The van der Waals surface area contributed by atoms with Crippen LogP contribution < -0.4 is 4.74 Å². The van der Waals surface area contributed by atoms with Gasteiger partial charge in [0.25, 0.3) is 5.91 Å². The lowest BCUT2D eigenvalue weighted by molar-refractivity contribution is 0.0786. The number of hydrogen-bond acceptors (Lipinski definition) is 3. The van der Waals surface area contributed by atoms with E-state index in [1.54, 1.807) is 7.11 Å². The fourth-order valence-electron chi connectivity index (χ4n) is 3.20. The normalized spacial score (nSPS) is 17.5. The lowest BCUT2D eigenvalue weighted by Crippen LogP contribution is -2.29. The van der Waals surface area contributed by atoms with Gasteiger partial charge >= 0.3 is 0 Å². The van der Waals surface area contributed by atoms with Crippen molar-refractivity contribution in [1.29, 1.82) is 0 Å². The van der Waals surface area contributed by atoms with Crippen LogP contribution in [-0.2, 0) is 6.54 Å². The van der Waals surface area contributed by atoms with Crippen LogP contribution in [0.2, 0.25) is 0 Å². The van der Waals surface area contributed by atoms with Gasteiger partial charge in [-0.15, -0.1) is 0 Å². The molecule has 5 nitrogen and oxygen atoms in total. The number of ether oxygens (including phenoxy) is 1. The minimum Gasteiger partial charge on any atom is -0.497 e. The number of aryl methyl sites for hydroxylation is 2. The van der Waals surface area contributed by atoms with Gasteiger partial charge in [-0.2, -0.15) is 0 Å². The Bertz CT molecular complexity index is 671. The van der Waals surface area contributed by atoms with Gasteiger partial charge in [0.05, 0.1) is 7.11 Å². The van der Waals surface area contributed by atoms with Crippen LogP contribution in [-0.4, -0.2) is 40.6 Å². The first kappa shape index (κ1) is 15.6. The number of hydrogen-bond donors (Lipinski definition) is 0. The summed E-state index contributed by atoms with van der Waals surface area (Å²) in [5, 5.41) is 0. The standard InChI is InChI=1S/C18H23N3O2/c1-13-10-19-14(2)21(13)12-15-8-9-20(11-15)18(22)16-4-6-17(23-3)7-5-16/h4-7,10,15H,8-9,11-12H2,1-3H3. The first-order chi connectivity index (χ1) is 11.1. The summed E-state index contributed by atoms with van der Waals surface area (Å²) in [4.78, 5) is 18.9. The minimum absolute atomic E-state index is 0.106. The molecule has 1 atom stereocenters. The van der Waals surface area contributed by atoms with Gasteiger partial charge in [-0.05, 0) is 50.5 Å². The molecule has 122 valence electrons. The highest BCUT2D eigenvalue weighted by Crippen LogP contribution is 2.22. The number of benzene rings is 1. The maximum Gasteiger partial charge on any atom is 0.253 e. The molecule has 1 amide bonds. The smallest absolute Gasteiger partial charge is 0.253 e. The van der Waals surface area contributed by atoms with Crippen molar-refractivity contribution in [2.45, 2.75) is 26.8 Å². The fourth-order valence-corrected chi connectivity index (χ4v) is 3.20. The summed E-state index contributed by atoms with van der Waals surface area (Å²) in [6.45, 7) is 6.67. The summed E-state index contributed by atoms with van der Waals surface area (Å²) in [6.07, 6.45) is 2.95. The summed E-state index contributed by atoms with van der Waals surface area (Å²) in [6, 6.07) is 7.33. The van der Waals surface area contributed by atoms with Crippen molar-refractivity contribution in [3.8, 4) is 5.75 Å². The lowest BCUT2D eigenvalue weighted by Gasteiger charge is -2.18. The van der Waals surface area contributed by atoms with E-state index in [1.165, 1.54) is 5.69 Å². The third-order valence-electron chi connectivity index (χ3n) is 4.61. The number of aromatic nitrogens is 2. The number of carbonyl (C=O) groups is 1. The first-order valence-electron chi connectivity index (χ1n) is 8.00. The largest absolute Gasteiger partial charge is 0.497 e. The van der Waals surface area contributed by atoms with Crippen LogP contribution in [0.1, 0.15) is 28.3 Å². The molecule has 1 aromatic carbocycles. The average molecular weight is 313 g/mol. The Morgan fingerprint density at radius 3 is 2.65 bits per heavy atom. The molecule has 0 aliphatic carbocycles. The van der Waals surface area contributed by atoms with E-state index in [-0.39, 0.29) is 5.91 Å². The Labute approximate surface area is 136 Å². The van der Waals surface area contributed by atoms with E-state index in [0.717, 1.165) is 43.2 Å². The molecule has 2 heterocycles. The molecule has 0 radical (unpaired) electrons. The third-order valence-corrected chi connectivity index (χ3v) is 4.61. The second kappa shape index (κ2) is 6.44. The van der Waals surface area contributed by atoms with E-state index >= 15 is 0 Å². The molecule has 1 aromatic heterocycles. The maximum absolute atomic E-state index is 12.6. The number of likely N-dealkylation sites (tertiary alicyclic amines) is 1. The van der Waals surface area contributed by atoms with Crippen LogP contribution in [0.4, 0.5) is 0 Å². The van der Waals surface area contributed by atoms with Gasteiger partial charge in [-0.3, -0.25) is 4.79 Å². The molecular formula is C18H23N3O2. The summed E-state index contributed by atoms with van der Waals surface area (Å²) < 4.78 is 7.38. The molecule has 1 fully saturated rings. The summed E-state index contributed by atoms with van der Waals surface area (Å²) in [5.41, 5.74) is 1.91. The number of imidazole rings is 1. The molecule has 5 heteroatoms. The van der Waals surface area contributed by atoms with E-state index in [1.807, 2.05) is 42.3 Å². The van der Waals surface area contributed by atoms with Crippen molar-refractivity contribution in [2.75, 3.05) is 20.2 Å². The van der Waals surface area contributed by atoms with Crippen LogP contribution in [0.3, 0.4) is 0 Å². The van der Waals surface area contributed by atoms with Gasteiger partial charge in [0.1, 0.15) is 11.6 Å². The predicted octanol–water partition coefficient (Wildman–Crippen LogP) is 2.67. The topological polar surface area (TPSA) is 47.4 Å². The zero-order valence-electron chi connectivity index (χ0n) is 14.0. The highest BCUT2D eigenvalue weighted by Gasteiger charge is 2.27. The van der Waals surface area contributed by atoms with E-state index in [4.69, 9.17) is 4.74 Å². The first-order valence-corrected chi connectivity index (χ1v) is 8.00. The SMILES string of the molecule is COc1ccc(C(=O)N2CCC(Cn3c(C)cnc3C)C2)cc1. The minimum atomic E-state index is 0.106. The van der Waals surface area contributed by atoms with Crippen molar-refractivity contribution in [2.24, 2.45) is 5.92 Å². The Balaban J connectivity index is 1.63. The van der Waals surface area contributed by atoms with Crippen molar-refractivity contribution >= 4 is 5.91 Å². The molecule has 1 saturated heterocycles. The molecule has 0 saturated carbocycles. The highest BCUT2D eigenvalue weighted by molar-refractivity contribution is 5.94. The quantitative estimate of drug-likeness (QED) is 0.872. The van der Waals surface area contributed by atoms with E-state index in [2.05, 4.69) is 16.5 Å². The molecule has 0 spiro atoms. The number of rotatable bonds is 4. The van der Waals surface area contributed by atoms with E-state index in [9.17, 15) is 4.79 Å². The lowest BCUT2D eigenvalue weighted by atomic mass is 10.1. The van der Waals surface area contributed by atoms with Gasteiger partial charge < -0.3 is 14.2 Å². The molecule has 1 aliphatic heterocycles. The summed E-state index contributed by atoms with van der Waals surface area (Å²) in [7, 11) is 1.63. The molecule has 3 rings (SSSR count). The Morgan fingerprint density at radius 1 is 1.30 bits per heavy atom. The molecule has 0 bridgehead atoms. The number of carbonyl (C=O) groups excluding carboxylic acids is 1. The van der Waals surface area contributed by atoms with Crippen LogP contribution in [0, 0.1) is 19.8 Å². The average Bonchev–Trinajstić information content (AvgIpc) is 3.16. The Morgan fingerprint density at radius 2 is 2.04 bits per heavy atom. The molecule has 23 heavy (non-hydrogen) atoms. The number of nitrogens with zero attached hydrogens (tertiary/aromatic N) is 3. The Hall–Kier alpha value is -2.30. The molecule has 1 aliphatic rings. The Kier molecular flexibility index (Phi) is 4.37. The van der Waals surface area contributed by atoms with Gasteiger partial charge in [-0.25, -0.2) is 4.98 Å². The van der Waals surface area contributed by atoms with Gasteiger partial charge in [0, 0.05) is 37.1 Å². The van der Waals surface area contributed by atoms with Crippen molar-refractivity contribution in [1.82, 2.24) is 14.5 Å². The van der Waals surface area contributed by atoms with Gasteiger partial charge in [-0.1, -0.05) is 0 Å². The molecule has 1 unspecified atom stereocenters. The van der Waals surface area contributed by atoms with Crippen LogP contribution >= 0.6 is 0 Å². The van der Waals surface area contributed by atoms with Crippen LogP contribution in [0.25, 0.3) is 0 Å². The molecular weight excluding hydrogens is 290 g/mol. The molecule has 0 N–H and O–H groups in total. The summed E-state index contributed by atoms with van der Waals surface area (Å²) in [5.74, 6) is 2.41. The van der Waals surface area contributed by atoms with E-state index < -0.39 is 0 Å². The summed E-state index contributed by atoms with van der Waals surface area (Å²) >= 11 is 0. The zero-order chi connectivity index (χ0) is 16.4. The zero-order valence-corrected chi connectivity index (χ0v) is 14.0. The van der Waals surface area contributed by atoms with Gasteiger partial charge in [0.15, 0.2) is 0 Å². The highest BCUT2D eigenvalue weighted by atomic mass is 16.5. The maximum atomic E-state index is 12.6. The van der Waals surface area contributed by atoms with Crippen molar-refractivity contribution in [3.63, 3.8) is 0 Å². The van der Waals surface area contributed by atoms with E-state index in [0.29, 0.717) is 5.92 Å². The van der Waals surface area contributed by atoms with Crippen molar-refractivity contribution < 1.29 is 9.53 Å². The second-order valence-electron chi connectivity index (χ2n) is 6.19. The second-order valence-corrected chi connectivity index (χ2v) is 6.19. The molecule has 2 aromatic rings. The van der Waals surface area contributed by atoms with Crippen molar-refractivity contribution in [3.05, 3.63) is 47.5 Å². The van der Waals surface area contributed by atoms with Crippen LogP contribution in [0.5, 0.6) is 5.75 Å². The number of amides is 1. The third kappa shape index (κ3) is 3.23. The number of methoxy groups -OCH3 is 1. The van der Waals surface area contributed by atoms with Gasteiger partial charge in [0.2, 0.25) is 0 Å². The predicted molar refractivity (Wildman–Crippen MR) is 88.7 cm³/mol. The fraction of sp³-hybridized carbons (Fsp3) is 0.444. The monoisotopic (exact) mass is 313 g/mol.